The van der Waals surface area contributed by atoms with Crippen LogP contribution < -0.4 is 5.32 Å². The van der Waals surface area contributed by atoms with E-state index in [9.17, 15) is 0 Å². The van der Waals surface area contributed by atoms with Crippen molar-refractivity contribution in [2.24, 2.45) is 0 Å². The molecule has 3 heteroatoms. The lowest BCUT2D eigenvalue weighted by atomic mass is 9.96. The van der Waals surface area contributed by atoms with Gasteiger partial charge in [-0.1, -0.05) is 13.0 Å². The number of aryl methyl sites for hydroxylation is 3. The third kappa shape index (κ3) is 2.71. The van der Waals surface area contributed by atoms with Crippen LogP contribution in [0.25, 0.3) is 0 Å². The molecule has 0 aromatic carbocycles. The van der Waals surface area contributed by atoms with Crippen molar-refractivity contribution in [2.45, 2.75) is 40.7 Å². The lowest BCUT2D eigenvalue weighted by Gasteiger charge is -2.19. The first-order valence-electron chi connectivity index (χ1n) is 6.76. The number of pyridine rings is 1. The number of hydrogen-bond donors (Lipinski definition) is 1. The van der Waals surface area contributed by atoms with Gasteiger partial charge in [-0.05, 0) is 50.9 Å². The molecular formula is C16H22N2O. The molecule has 2 rings (SSSR count). The highest BCUT2D eigenvalue weighted by Crippen LogP contribution is 2.31. The van der Waals surface area contributed by atoms with Gasteiger partial charge < -0.3 is 9.73 Å². The van der Waals surface area contributed by atoms with Crippen LogP contribution in [0.15, 0.2) is 22.9 Å². The van der Waals surface area contributed by atoms with Gasteiger partial charge in [-0.2, -0.15) is 0 Å². The summed E-state index contributed by atoms with van der Waals surface area (Å²) in [6.07, 6.45) is 3.81. The number of hydrogen-bond acceptors (Lipinski definition) is 3. The molecule has 0 spiro atoms. The van der Waals surface area contributed by atoms with Crippen molar-refractivity contribution in [3.05, 3.63) is 52.2 Å². The van der Waals surface area contributed by atoms with Crippen LogP contribution in [0, 0.1) is 27.7 Å². The molecule has 2 aromatic rings. The first kappa shape index (κ1) is 13.8. The van der Waals surface area contributed by atoms with Crippen molar-refractivity contribution >= 4 is 0 Å². The Morgan fingerprint density at radius 1 is 1.16 bits per heavy atom. The summed E-state index contributed by atoms with van der Waals surface area (Å²) in [6, 6.07) is 2.33. The normalized spacial score (nSPS) is 12.7. The van der Waals surface area contributed by atoms with Crippen LogP contribution in [0.1, 0.15) is 46.7 Å². The molecule has 19 heavy (non-hydrogen) atoms. The zero-order chi connectivity index (χ0) is 14.0. The van der Waals surface area contributed by atoms with Crippen LogP contribution in [0.4, 0.5) is 0 Å². The summed E-state index contributed by atoms with van der Waals surface area (Å²) in [4.78, 5) is 4.31. The van der Waals surface area contributed by atoms with Gasteiger partial charge in [0.1, 0.15) is 11.5 Å². The van der Waals surface area contributed by atoms with Gasteiger partial charge in [0.15, 0.2) is 0 Å². The summed E-state index contributed by atoms with van der Waals surface area (Å²) < 4.78 is 5.76. The minimum absolute atomic E-state index is 0.148. The maximum absolute atomic E-state index is 5.76. The molecule has 0 saturated heterocycles. The lowest BCUT2D eigenvalue weighted by Crippen LogP contribution is -2.23. The van der Waals surface area contributed by atoms with Gasteiger partial charge in [-0.15, -0.1) is 0 Å². The van der Waals surface area contributed by atoms with Crippen LogP contribution in [0.5, 0.6) is 0 Å². The van der Waals surface area contributed by atoms with E-state index in [1.807, 2.05) is 26.2 Å². The Kier molecular flexibility index (Phi) is 4.05. The molecule has 2 aromatic heterocycles. The molecule has 0 saturated carbocycles. The van der Waals surface area contributed by atoms with E-state index in [2.05, 4.69) is 37.1 Å². The zero-order valence-electron chi connectivity index (χ0n) is 12.4. The van der Waals surface area contributed by atoms with E-state index in [4.69, 9.17) is 4.42 Å². The molecule has 0 amide bonds. The van der Waals surface area contributed by atoms with Crippen LogP contribution in [0.2, 0.25) is 0 Å². The van der Waals surface area contributed by atoms with Gasteiger partial charge in [0, 0.05) is 18.0 Å². The zero-order valence-corrected chi connectivity index (χ0v) is 12.4. The van der Waals surface area contributed by atoms with E-state index in [0.29, 0.717) is 0 Å². The predicted octanol–water partition coefficient (Wildman–Crippen LogP) is 3.61. The van der Waals surface area contributed by atoms with Gasteiger partial charge in [-0.25, -0.2) is 0 Å². The Morgan fingerprint density at radius 3 is 2.42 bits per heavy atom. The molecule has 0 aliphatic carbocycles. The number of nitrogens with zero attached hydrogens (tertiary/aromatic N) is 1. The van der Waals surface area contributed by atoms with Crippen LogP contribution in [-0.4, -0.2) is 11.5 Å². The molecule has 0 aliphatic rings. The van der Waals surface area contributed by atoms with Crippen molar-refractivity contribution in [1.29, 1.82) is 0 Å². The van der Waals surface area contributed by atoms with Crippen molar-refractivity contribution in [3.8, 4) is 0 Å². The fourth-order valence-electron chi connectivity index (χ4n) is 2.56. The Balaban J connectivity index is 2.51. The molecule has 1 atom stereocenters. The van der Waals surface area contributed by atoms with E-state index >= 15 is 0 Å². The summed E-state index contributed by atoms with van der Waals surface area (Å²) in [5.41, 5.74) is 4.83. The van der Waals surface area contributed by atoms with E-state index in [-0.39, 0.29) is 6.04 Å². The fraction of sp³-hybridized carbons (Fsp3) is 0.438. The largest absolute Gasteiger partial charge is 0.466 e. The summed E-state index contributed by atoms with van der Waals surface area (Å²) in [5, 5.41) is 3.54. The summed E-state index contributed by atoms with van der Waals surface area (Å²) in [6.45, 7) is 11.3. The number of furan rings is 1. The molecule has 0 fully saturated rings. The first-order valence-corrected chi connectivity index (χ1v) is 6.76. The summed E-state index contributed by atoms with van der Waals surface area (Å²) >= 11 is 0. The van der Waals surface area contributed by atoms with E-state index in [1.54, 1.807) is 0 Å². The Hall–Kier alpha value is -1.61. The van der Waals surface area contributed by atoms with Gasteiger partial charge in [-0.3, -0.25) is 4.98 Å². The minimum atomic E-state index is 0.148. The maximum Gasteiger partial charge on any atom is 0.106 e. The monoisotopic (exact) mass is 258 g/mol. The van der Waals surface area contributed by atoms with Crippen LogP contribution in [0.3, 0.4) is 0 Å². The summed E-state index contributed by atoms with van der Waals surface area (Å²) in [5.74, 6) is 1.98. The van der Waals surface area contributed by atoms with Gasteiger partial charge >= 0.3 is 0 Å². The Labute approximate surface area is 115 Å². The van der Waals surface area contributed by atoms with Gasteiger partial charge in [0.2, 0.25) is 0 Å². The van der Waals surface area contributed by atoms with E-state index in [0.717, 1.165) is 18.1 Å². The molecule has 1 unspecified atom stereocenters. The highest BCUT2D eigenvalue weighted by atomic mass is 16.3. The van der Waals surface area contributed by atoms with Crippen molar-refractivity contribution in [3.63, 3.8) is 0 Å². The van der Waals surface area contributed by atoms with Crippen molar-refractivity contribution in [2.75, 3.05) is 6.54 Å². The summed E-state index contributed by atoms with van der Waals surface area (Å²) in [7, 11) is 0. The molecular weight excluding hydrogens is 236 g/mol. The Morgan fingerprint density at radius 2 is 1.89 bits per heavy atom. The number of aromatic nitrogens is 1. The average molecular weight is 258 g/mol. The number of rotatable bonds is 4. The van der Waals surface area contributed by atoms with Gasteiger partial charge in [0.25, 0.3) is 0 Å². The maximum atomic E-state index is 5.76. The fourth-order valence-corrected chi connectivity index (χ4v) is 2.56. The van der Waals surface area contributed by atoms with Crippen molar-refractivity contribution in [1.82, 2.24) is 10.3 Å². The molecule has 0 aliphatic heterocycles. The van der Waals surface area contributed by atoms with Crippen LogP contribution in [-0.2, 0) is 0 Å². The third-order valence-electron chi connectivity index (χ3n) is 3.54. The Bertz CT molecular complexity index is 572. The second kappa shape index (κ2) is 5.57. The first-order chi connectivity index (χ1) is 9.04. The van der Waals surface area contributed by atoms with Crippen LogP contribution >= 0.6 is 0 Å². The molecule has 1 N–H and O–H groups in total. The quantitative estimate of drug-likeness (QED) is 0.910. The topological polar surface area (TPSA) is 38.1 Å². The molecule has 3 nitrogen and oxygen atoms in total. The van der Waals surface area contributed by atoms with E-state index < -0.39 is 0 Å². The minimum Gasteiger partial charge on any atom is -0.466 e. The van der Waals surface area contributed by atoms with Gasteiger partial charge in [0.05, 0.1) is 6.04 Å². The highest BCUT2D eigenvalue weighted by Gasteiger charge is 2.22. The smallest absolute Gasteiger partial charge is 0.106 e. The SMILES string of the molecule is CCNC(c1cncc(C)c1)c1c(C)oc(C)c1C. The molecule has 102 valence electrons. The molecule has 2 heterocycles. The second-order valence-corrected chi connectivity index (χ2v) is 5.04. The van der Waals surface area contributed by atoms with Crippen molar-refractivity contribution < 1.29 is 4.42 Å². The molecule has 0 bridgehead atoms. The highest BCUT2D eigenvalue weighted by molar-refractivity contribution is 5.40. The lowest BCUT2D eigenvalue weighted by molar-refractivity contribution is 0.494. The predicted molar refractivity (Wildman–Crippen MR) is 77.4 cm³/mol. The number of nitrogens with one attached hydrogen (secondary N) is 1. The average Bonchev–Trinajstić information content (AvgIpc) is 2.61. The van der Waals surface area contributed by atoms with E-state index in [1.165, 1.54) is 22.3 Å². The molecule has 0 radical (unpaired) electrons. The third-order valence-corrected chi connectivity index (χ3v) is 3.54. The second-order valence-electron chi connectivity index (χ2n) is 5.04. The standard InChI is InChI=1S/C16H22N2O/c1-6-18-16(14-7-10(2)8-17-9-14)15-11(3)12(4)19-13(15)5/h7-9,16,18H,6H2,1-5H3.